The van der Waals surface area contributed by atoms with Gasteiger partial charge in [0.25, 0.3) is 0 Å². The summed E-state index contributed by atoms with van der Waals surface area (Å²) in [7, 11) is 0. The molecule has 23 heavy (non-hydrogen) atoms. The van der Waals surface area contributed by atoms with E-state index in [1.54, 1.807) is 24.3 Å². The maximum Gasteiger partial charge on any atom is 0.205 e. The molecule has 0 saturated carbocycles. The number of ketones is 1. The van der Waals surface area contributed by atoms with Crippen LogP contribution < -0.4 is 0 Å². The van der Waals surface area contributed by atoms with E-state index >= 15 is 0 Å². The van der Waals surface area contributed by atoms with Gasteiger partial charge in [-0.15, -0.1) is 0 Å². The van der Waals surface area contributed by atoms with E-state index in [-0.39, 0.29) is 11.1 Å². The van der Waals surface area contributed by atoms with Crippen molar-refractivity contribution in [1.82, 2.24) is 4.98 Å². The predicted octanol–water partition coefficient (Wildman–Crippen LogP) is 4.24. The van der Waals surface area contributed by atoms with E-state index in [1.807, 2.05) is 6.07 Å². The number of fused-ring (bicyclic) bond motifs is 1. The van der Waals surface area contributed by atoms with Gasteiger partial charge < -0.3 is 4.98 Å². The number of Topliss-reactive ketones (excluding diaryl/α,β-unsaturated/α-hetero) is 1. The monoisotopic (exact) mass is 308 g/mol. The lowest BCUT2D eigenvalue weighted by Gasteiger charge is -2.01. The number of benzene rings is 2. The molecule has 0 aliphatic carbocycles. The maximum absolute atomic E-state index is 13.7. The molecule has 0 aliphatic heterocycles. The molecule has 2 aromatic carbocycles. The van der Waals surface area contributed by atoms with Crippen molar-refractivity contribution in [2.45, 2.75) is 0 Å². The van der Waals surface area contributed by atoms with E-state index in [9.17, 15) is 18.8 Å². The molecule has 0 unspecified atom stereocenters. The van der Waals surface area contributed by atoms with Gasteiger partial charge in [0, 0.05) is 28.2 Å². The average Bonchev–Trinajstić information content (AvgIpc) is 2.99. The van der Waals surface area contributed by atoms with Crippen LogP contribution in [0.2, 0.25) is 0 Å². The smallest absolute Gasteiger partial charge is 0.205 e. The minimum atomic E-state index is -1.09. The topological polar surface area (TPSA) is 56.6 Å². The number of hydrogen-bond donors (Lipinski definition) is 1. The molecular formula is C18H10F2N2O. The number of nitrogens with one attached hydrogen (secondary N) is 1. The summed E-state index contributed by atoms with van der Waals surface area (Å²) in [5, 5.41) is 9.89. The molecule has 0 bridgehead atoms. The highest BCUT2D eigenvalue weighted by atomic mass is 19.2. The normalized spacial score (nSPS) is 11.4. The quantitative estimate of drug-likeness (QED) is 0.447. The van der Waals surface area contributed by atoms with E-state index < -0.39 is 17.4 Å². The van der Waals surface area contributed by atoms with Crippen LogP contribution in [0.15, 0.2) is 54.2 Å². The lowest BCUT2D eigenvalue weighted by molar-refractivity contribution is 0.104. The molecule has 0 spiro atoms. The minimum absolute atomic E-state index is 0.144. The zero-order chi connectivity index (χ0) is 16.4. The highest BCUT2D eigenvalue weighted by molar-refractivity contribution is 6.19. The van der Waals surface area contributed by atoms with Crippen molar-refractivity contribution < 1.29 is 13.6 Å². The number of allylic oxidation sites excluding steroid dienone is 1. The van der Waals surface area contributed by atoms with Crippen LogP contribution in [-0.2, 0) is 0 Å². The molecular weight excluding hydrogens is 298 g/mol. The minimum Gasteiger partial charge on any atom is -0.360 e. The summed E-state index contributed by atoms with van der Waals surface area (Å²) in [5.74, 6) is -2.67. The molecule has 1 aromatic heterocycles. The number of rotatable bonds is 3. The first-order chi connectivity index (χ1) is 11.1. The Balaban J connectivity index is 2.08. The Labute approximate surface area is 130 Å². The second-order valence-corrected chi connectivity index (χ2v) is 4.89. The van der Waals surface area contributed by atoms with Gasteiger partial charge in [0.1, 0.15) is 11.6 Å². The van der Waals surface area contributed by atoms with E-state index in [0.717, 1.165) is 17.7 Å². The number of aromatic nitrogens is 1. The maximum atomic E-state index is 13.7. The van der Waals surface area contributed by atoms with Gasteiger partial charge in [0.15, 0.2) is 11.6 Å². The van der Waals surface area contributed by atoms with Crippen LogP contribution >= 0.6 is 0 Å². The summed E-state index contributed by atoms with van der Waals surface area (Å²) in [6.45, 7) is 0. The molecule has 0 saturated heterocycles. The summed E-state index contributed by atoms with van der Waals surface area (Å²) in [6, 6.07) is 12.5. The number of nitrogens with zero attached hydrogens (tertiary/aromatic N) is 1. The van der Waals surface area contributed by atoms with Crippen molar-refractivity contribution in [2.75, 3.05) is 0 Å². The van der Waals surface area contributed by atoms with Crippen LogP contribution in [0.4, 0.5) is 8.78 Å². The van der Waals surface area contributed by atoms with Crippen molar-refractivity contribution in [3.05, 3.63) is 77.0 Å². The van der Waals surface area contributed by atoms with Gasteiger partial charge >= 0.3 is 0 Å². The van der Waals surface area contributed by atoms with Crippen LogP contribution in [0.1, 0.15) is 15.9 Å². The zero-order valence-corrected chi connectivity index (χ0v) is 11.8. The van der Waals surface area contributed by atoms with E-state index in [4.69, 9.17) is 0 Å². The third-order valence-electron chi connectivity index (χ3n) is 3.48. The molecule has 0 amide bonds. The van der Waals surface area contributed by atoms with Gasteiger partial charge in [0.05, 0.1) is 0 Å². The van der Waals surface area contributed by atoms with Gasteiger partial charge in [-0.2, -0.15) is 5.26 Å². The molecule has 3 aromatic rings. The van der Waals surface area contributed by atoms with Crippen molar-refractivity contribution in [3.63, 3.8) is 0 Å². The van der Waals surface area contributed by atoms with E-state index in [0.29, 0.717) is 10.9 Å². The van der Waals surface area contributed by atoms with Crippen molar-refractivity contribution in [1.29, 1.82) is 5.26 Å². The fourth-order valence-corrected chi connectivity index (χ4v) is 2.34. The molecule has 3 nitrogen and oxygen atoms in total. The molecule has 3 rings (SSSR count). The molecule has 0 atom stereocenters. The number of para-hydroxylation sites is 1. The second kappa shape index (κ2) is 5.85. The van der Waals surface area contributed by atoms with Gasteiger partial charge in [-0.25, -0.2) is 8.78 Å². The molecule has 5 heteroatoms. The summed E-state index contributed by atoms with van der Waals surface area (Å²) >= 11 is 0. The summed E-state index contributed by atoms with van der Waals surface area (Å²) in [4.78, 5) is 15.5. The van der Waals surface area contributed by atoms with Gasteiger partial charge in [-0.1, -0.05) is 30.3 Å². The predicted molar refractivity (Wildman–Crippen MR) is 82.6 cm³/mol. The average molecular weight is 308 g/mol. The number of hydrogen-bond acceptors (Lipinski definition) is 2. The number of H-pyrrole nitrogens is 1. The van der Waals surface area contributed by atoms with Crippen LogP contribution in [0.25, 0.3) is 17.0 Å². The number of aromatic amines is 1. The first-order valence-electron chi connectivity index (χ1n) is 6.78. The first-order valence-corrected chi connectivity index (χ1v) is 6.78. The Kier molecular flexibility index (Phi) is 3.73. The van der Waals surface area contributed by atoms with E-state index in [1.165, 1.54) is 18.3 Å². The molecule has 0 aliphatic rings. The number of halogens is 2. The Morgan fingerprint density at radius 3 is 2.70 bits per heavy atom. The third kappa shape index (κ3) is 2.62. The zero-order valence-electron chi connectivity index (χ0n) is 11.8. The standard InChI is InChI=1S/C18H10F2N2O/c19-15-6-3-4-11(17(15)20)8-12(9-21)18(23)14-10-22-16-7-2-1-5-13(14)16/h1-8,10,22H. The molecule has 0 radical (unpaired) electrons. The molecule has 112 valence electrons. The number of carbonyl (C=O) groups excluding carboxylic acids is 1. The summed E-state index contributed by atoms with van der Waals surface area (Å²) in [5.41, 5.74) is 0.657. The largest absolute Gasteiger partial charge is 0.360 e. The lowest BCUT2D eigenvalue weighted by atomic mass is 10.0. The number of carbonyl (C=O) groups is 1. The van der Waals surface area contributed by atoms with Crippen molar-refractivity contribution >= 4 is 22.8 Å². The first kappa shape index (κ1) is 14.7. The van der Waals surface area contributed by atoms with Crippen molar-refractivity contribution in [2.24, 2.45) is 0 Å². The Morgan fingerprint density at radius 1 is 1.13 bits per heavy atom. The van der Waals surface area contributed by atoms with Crippen LogP contribution in [0, 0.1) is 23.0 Å². The Bertz CT molecular complexity index is 980. The third-order valence-corrected chi connectivity index (χ3v) is 3.48. The fourth-order valence-electron chi connectivity index (χ4n) is 2.34. The summed E-state index contributed by atoms with van der Waals surface area (Å²) < 4.78 is 26.9. The van der Waals surface area contributed by atoms with Gasteiger partial charge in [0.2, 0.25) is 5.78 Å². The SMILES string of the molecule is N#CC(=Cc1cccc(F)c1F)C(=O)c1c[nH]c2ccccc12. The molecule has 1 heterocycles. The second-order valence-electron chi connectivity index (χ2n) is 4.89. The molecule has 0 fully saturated rings. The fraction of sp³-hybridized carbons (Fsp3) is 0. The van der Waals surface area contributed by atoms with Crippen LogP contribution in [-0.4, -0.2) is 10.8 Å². The lowest BCUT2D eigenvalue weighted by Crippen LogP contribution is -2.01. The van der Waals surface area contributed by atoms with Crippen LogP contribution in [0.5, 0.6) is 0 Å². The summed E-state index contributed by atoms with van der Waals surface area (Å²) in [6.07, 6.45) is 2.56. The number of nitriles is 1. The van der Waals surface area contributed by atoms with Crippen molar-refractivity contribution in [3.8, 4) is 6.07 Å². The molecule has 1 N–H and O–H groups in total. The highest BCUT2D eigenvalue weighted by Gasteiger charge is 2.17. The van der Waals surface area contributed by atoms with Gasteiger partial charge in [-0.3, -0.25) is 4.79 Å². The highest BCUT2D eigenvalue weighted by Crippen LogP contribution is 2.22. The van der Waals surface area contributed by atoms with Crippen LogP contribution in [0.3, 0.4) is 0 Å². The van der Waals surface area contributed by atoms with Gasteiger partial charge in [-0.05, 0) is 18.2 Å². The Morgan fingerprint density at radius 2 is 1.91 bits per heavy atom. The Hall–Kier alpha value is -3.26. The van der Waals surface area contributed by atoms with E-state index in [2.05, 4.69) is 4.98 Å².